The van der Waals surface area contributed by atoms with E-state index >= 15 is 0 Å². The van der Waals surface area contributed by atoms with Gasteiger partial charge in [-0.25, -0.2) is 0 Å². The first-order chi connectivity index (χ1) is 12.6. The van der Waals surface area contributed by atoms with Gasteiger partial charge >= 0.3 is 0 Å². The van der Waals surface area contributed by atoms with Crippen molar-refractivity contribution in [3.05, 3.63) is 58.1 Å². The van der Waals surface area contributed by atoms with Gasteiger partial charge in [0.05, 0.1) is 12.1 Å². The van der Waals surface area contributed by atoms with E-state index in [0.29, 0.717) is 33.7 Å². The summed E-state index contributed by atoms with van der Waals surface area (Å²) in [5.41, 5.74) is 1.47. The lowest BCUT2D eigenvalue weighted by Gasteiger charge is -2.09. The van der Waals surface area contributed by atoms with Gasteiger partial charge in [-0.15, -0.1) is 10.2 Å². The predicted molar refractivity (Wildman–Crippen MR) is 98.1 cm³/mol. The molecular formula is C17H15Cl2N5O2. The van der Waals surface area contributed by atoms with Crippen LogP contribution in [0.4, 0.5) is 0 Å². The Kier molecular flexibility index (Phi) is 5.70. The van der Waals surface area contributed by atoms with Gasteiger partial charge in [0.25, 0.3) is 0 Å². The lowest BCUT2D eigenvalue weighted by molar-refractivity contribution is -0.122. The number of tetrazole rings is 1. The first kappa shape index (κ1) is 18.2. The Labute approximate surface area is 159 Å². The Morgan fingerprint density at radius 1 is 1.23 bits per heavy atom. The van der Waals surface area contributed by atoms with E-state index in [1.54, 1.807) is 25.3 Å². The molecule has 0 unspecified atom stereocenters. The zero-order chi connectivity index (χ0) is 18.5. The first-order valence-electron chi connectivity index (χ1n) is 7.68. The zero-order valence-electron chi connectivity index (χ0n) is 13.8. The standard InChI is InChI=1S/C17H15Cl2N5O2/c1-26-15-5-3-2-4-11(15)9-20-16(25)10-24-22-17(21-23-24)13-7-6-12(18)8-14(13)19/h2-8H,9-10H2,1H3,(H,20,25). The molecule has 1 heterocycles. The summed E-state index contributed by atoms with van der Waals surface area (Å²) in [6, 6.07) is 12.4. The molecule has 0 bridgehead atoms. The molecule has 0 radical (unpaired) electrons. The van der Waals surface area contributed by atoms with Crippen molar-refractivity contribution in [2.75, 3.05) is 7.11 Å². The normalized spacial score (nSPS) is 10.6. The van der Waals surface area contributed by atoms with Crippen molar-refractivity contribution in [1.29, 1.82) is 0 Å². The number of hydrogen-bond donors (Lipinski definition) is 1. The largest absolute Gasteiger partial charge is 0.496 e. The number of nitrogens with zero attached hydrogens (tertiary/aromatic N) is 4. The van der Waals surface area contributed by atoms with Crippen LogP contribution in [0.15, 0.2) is 42.5 Å². The Bertz CT molecular complexity index is 929. The van der Waals surface area contributed by atoms with E-state index in [1.807, 2.05) is 24.3 Å². The summed E-state index contributed by atoms with van der Waals surface area (Å²) in [4.78, 5) is 13.3. The highest BCUT2D eigenvalue weighted by molar-refractivity contribution is 6.36. The summed E-state index contributed by atoms with van der Waals surface area (Å²) in [7, 11) is 1.59. The minimum Gasteiger partial charge on any atom is -0.496 e. The van der Waals surface area contributed by atoms with Crippen molar-refractivity contribution < 1.29 is 9.53 Å². The number of para-hydroxylation sites is 1. The monoisotopic (exact) mass is 391 g/mol. The molecule has 2 aromatic carbocycles. The second-order valence-electron chi connectivity index (χ2n) is 5.36. The van der Waals surface area contributed by atoms with Gasteiger partial charge in [0.15, 0.2) is 0 Å². The maximum atomic E-state index is 12.1. The topological polar surface area (TPSA) is 81.9 Å². The minimum absolute atomic E-state index is 0.0621. The van der Waals surface area contributed by atoms with E-state index in [-0.39, 0.29) is 12.5 Å². The van der Waals surface area contributed by atoms with Gasteiger partial charge in [0.1, 0.15) is 12.3 Å². The average molecular weight is 392 g/mol. The van der Waals surface area contributed by atoms with E-state index in [4.69, 9.17) is 27.9 Å². The predicted octanol–water partition coefficient (Wildman–Crippen LogP) is 2.97. The van der Waals surface area contributed by atoms with Crippen molar-refractivity contribution in [2.24, 2.45) is 0 Å². The smallest absolute Gasteiger partial charge is 0.243 e. The Morgan fingerprint density at radius 3 is 2.81 bits per heavy atom. The fraction of sp³-hybridized carbons (Fsp3) is 0.176. The Balaban J connectivity index is 1.63. The van der Waals surface area contributed by atoms with E-state index in [1.165, 1.54) is 4.80 Å². The second-order valence-corrected chi connectivity index (χ2v) is 6.20. The van der Waals surface area contributed by atoms with Crippen molar-refractivity contribution in [3.8, 4) is 17.1 Å². The summed E-state index contributed by atoms with van der Waals surface area (Å²) in [5.74, 6) is 0.789. The van der Waals surface area contributed by atoms with E-state index in [9.17, 15) is 4.79 Å². The quantitative estimate of drug-likeness (QED) is 0.698. The van der Waals surface area contributed by atoms with Crippen LogP contribution in [0.5, 0.6) is 5.75 Å². The molecule has 3 aromatic rings. The van der Waals surface area contributed by atoms with Crippen molar-refractivity contribution in [2.45, 2.75) is 13.1 Å². The number of rotatable bonds is 6. The van der Waals surface area contributed by atoms with E-state index < -0.39 is 0 Å². The van der Waals surface area contributed by atoms with Crippen molar-refractivity contribution in [3.63, 3.8) is 0 Å². The van der Waals surface area contributed by atoms with Crippen LogP contribution < -0.4 is 10.1 Å². The number of methoxy groups -OCH3 is 1. The molecular weight excluding hydrogens is 377 g/mol. The van der Waals surface area contributed by atoms with Gasteiger partial charge < -0.3 is 10.1 Å². The SMILES string of the molecule is COc1ccccc1CNC(=O)Cn1nnc(-c2ccc(Cl)cc2Cl)n1. The molecule has 9 heteroatoms. The highest BCUT2D eigenvalue weighted by atomic mass is 35.5. The number of carbonyl (C=O) groups is 1. The molecule has 0 aliphatic heterocycles. The highest BCUT2D eigenvalue weighted by Crippen LogP contribution is 2.27. The van der Waals surface area contributed by atoms with Crippen molar-refractivity contribution >= 4 is 29.1 Å². The molecule has 0 saturated carbocycles. The molecule has 7 nitrogen and oxygen atoms in total. The van der Waals surface area contributed by atoms with Gasteiger partial charge in [0.2, 0.25) is 11.7 Å². The number of nitrogens with one attached hydrogen (secondary N) is 1. The van der Waals surface area contributed by atoms with E-state index in [2.05, 4.69) is 20.7 Å². The van der Waals surface area contributed by atoms with Gasteiger partial charge in [-0.1, -0.05) is 41.4 Å². The molecule has 0 atom stereocenters. The van der Waals surface area contributed by atoms with Crippen LogP contribution in [-0.2, 0) is 17.9 Å². The first-order valence-corrected chi connectivity index (χ1v) is 8.44. The fourth-order valence-corrected chi connectivity index (χ4v) is 2.81. The third-order valence-corrected chi connectivity index (χ3v) is 4.13. The van der Waals surface area contributed by atoms with Gasteiger partial charge in [-0.05, 0) is 29.5 Å². The lowest BCUT2D eigenvalue weighted by Crippen LogP contribution is -2.28. The summed E-state index contributed by atoms with van der Waals surface area (Å²) in [6.45, 7) is 0.279. The van der Waals surface area contributed by atoms with Crippen LogP contribution in [0.1, 0.15) is 5.56 Å². The summed E-state index contributed by atoms with van der Waals surface area (Å²) >= 11 is 12.0. The van der Waals surface area contributed by atoms with Crippen LogP contribution in [0, 0.1) is 0 Å². The number of halogens is 2. The van der Waals surface area contributed by atoms with Gasteiger partial charge in [0, 0.05) is 22.7 Å². The average Bonchev–Trinajstić information content (AvgIpc) is 3.08. The second kappa shape index (κ2) is 8.16. The lowest BCUT2D eigenvalue weighted by atomic mass is 10.2. The Hall–Kier alpha value is -2.64. The zero-order valence-corrected chi connectivity index (χ0v) is 15.3. The minimum atomic E-state index is -0.248. The fourth-order valence-electron chi connectivity index (χ4n) is 2.32. The number of ether oxygens (including phenoxy) is 1. The molecule has 0 spiro atoms. The molecule has 134 valence electrons. The van der Waals surface area contributed by atoms with Crippen molar-refractivity contribution in [1.82, 2.24) is 25.5 Å². The van der Waals surface area contributed by atoms with Gasteiger partial charge in [-0.2, -0.15) is 4.80 Å². The highest BCUT2D eigenvalue weighted by Gasteiger charge is 2.12. The van der Waals surface area contributed by atoms with Crippen LogP contribution in [0.25, 0.3) is 11.4 Å². The third kappa shape index (κ3) is 4.30. The number of aromatic nitrogens is 4. The molecule has 1 N–H and O–H groups in total. The number of hydrogen-bond acceptors (Lipinski definition) is 5. The summed E-state index contributed by atoms with van der Waals surface area (Å²) in [5, 5.41) is 15.7. The Morgan fingerprint density at radius 2 is 2.04 bits per heavy atom. The van der Waals surface area contributed by atoms with Crippen LogP contribution in [-0.4, -0.2) is 33.2 Å². The number of carbonyl (C=O) groups excluding carboxylic acids is 1. The molecule has 1 amide bonds. The van der Waals surface area contributed by atoms with E-state index in [0.717, 1.165) is 5.56 Å². The third-order valence-electron chi connectivity index (χ3n) is 3.58. The molecule has 3 rings (SSSR count). The summed E-state index contributed by atoms with van der Waals surface area (Å²) in [6.07, 6.45) is 0. The maximum absolute atomic E-state index is 12.1. The maximum Gasteiger partial charge on any atom is 0.243 e. The molecule has 1 aromatic heterocycles. The van der Waals surface area contributed by atoms with Crippen LogP contribution in [0.2, 0.25) is 10.0 Å². The molecule has 0 aliphatic carbocycles. The van der Waals surface area contributed by atoms with Crippen LogP contribution >= 0.6 is 23.2 Å². The number of amides is 1. The molecule has 0 aliphatic rings. The molecule has 0 saturated heterocycles. The summed E-state index contributed by atoms with van der Waals surface area (Å²) < 4.78 is 5.25. The van der Waals surface area contributed by atoms with Crippen LogP contribution in [0.3, 0.4) is 0 Å². The molecule has 0 fully saturated rings. The molecule has 26 heavy (non-hydrogen) atoms. The number of benzene rings is 2. The van der Waals surface area contributed by atoms with Gasteiger partial charge in [-0.3, -0.25) is 4.79 Å².